The SMILES string of the molecule is C/C(F)=C(\C)S(N)=O. The number of hydrogen-bond acceptors (Lipinski definition) is 1. The summed E-state index contributed by atoms with van der Waals surface area (Å²) in [6, 6.07) is 0. The van der Waals surface area contributed by atoms with E-state index >= 15 is 0 Å². The predicted molar refractivity (Wildman–Crippen MR) is 31.8 cm³/mol. The number of nitrogens with two attached hydrogens (primary N) is 1. The number of allylic oxidation sites excluding steroid dienone is 2. The zero-order chi connectivity index (χ0) is 6.73. The van der Waals surface area contributed by atoms with Crippen LogP contribution in [0.2, 0.25) is 0 Å². The molecule has 0 aliphatic heterocycles. The molecule has 0 aliphatic carbocycles. The highest BCUT2D eigenvalue weighted by molar-refractivity contribution is 7.86. The van der Waals surface area contributed by atoms with Crippen LogP contribution < -0.4 is 5.14 Å². The minimum absolute atomic E-state index is 0.102. The van der Waals surface area contributed by atoms with Gasteiger partial charge in [-0.3, -0.25) is 0 Å². The average molecular weight is 137 g/mol. The quantitative estimate of drug-likeness (QED) is 0.571. The van der Waals surface area contributed by atoms with Gasteiger partial charge in [0.25, 0.3) is 0 Å². The van der Waals surface area contributed by atoms with Gasteiger partial charge >= 0.3 is 0 Å². The number of hydrogen-bond donors (Lipinski definition) is 1. The van der Waals surface area contributed by atoms with E-state index in [9.17, 15) is 8.60 Å². The van der Waals surface area contributed by atoms with E-state index in [1.54, 1.807) is 0 Å². The van der Waals surface area contributed by atoms with Gasteiger partial charge in [0.1, 0.15) is 16.8 Å². The molecule has 0 aromatic heterocycles. The Labute approximate surface area is 50.2 Å². The van der Waals surface area contributed by atoms with E-state index in [0.717, 1.165) is 0 Å². The summed E-state index contributed by atoms with van der Waals surface area (Å²) in [4.78, 5) is 0.102. The lowest BCUT2D eigenvalue weighted by atomic mass is 10.5. The summed E-state index contributed by atoms with van der Waals surface area (Å²) in [6.45, 7) is 2.62. The Balaban J connectivity index is 4.23. The van der Waals surface area contributed by atoms with Crippen LogP contribution in [0.15, 0.2) is 10.7 Å². The van der Waals surface area contributed by atoms with Crippen molar-refractivity contribution >= 4 is 11.0 Å². The molecule has 0 aliphatic rings. The first-order chi connectivity index (χ1) is 3.55. The van der Waals surface area contributed by atoms with E-state index in [2.05, 4.69) is 0 Å². The zero-order valence-electron chi connectivity index (χ0n) is 4.77. The minimum Gasteiger partial charge on any atom is -0.248 e. The van der Waals surface area contributed by atoms with E-state index in [1.807, 2.05) is 0 Å². The van der Waals surface area contributed by atoms with Crippen molar-refractivity contribution in [2.75, 3.05) is 0 Å². The molecule has 0 saturated carbocycles. The Hall–Kier alpha value is -0.220. The smallest absolute Gasteiger partial charge is 0.120 e. The van der Waals surface area contributed by atoms with Crippen LogP contribution in [0.1, 0.15) is 13.8 Å². The molecule has 1 unspecified atom stereocenters. The second-order valence-corrected chi connectivity index (χ2v) is 2.59. The Morgan fingerprint density at radius 3 is 2.00 bits per heavy atom. The first kappa shape index (κ1) is 7.78. The third kappa shape index (κ3) is 2.18. The summed E-state index contributed by atoms with van der Waals surface area (Å²) in [5.74, 6) is -0.467. The van der Waals surface area contributed by atoms with Crippen LogP contribution in [-0.2, 0) is 11.0 Å². The van der Waals surface area contributed by atoms with Crippen molar-refractivity contribution < 1.29 is 8.60 Å². The number of rotatable bonds is 1. The van der Waals surface area contributed by atoms with Gasteiger partial charge in [0.05, 0.1) is 4.91 Å². The molecule has 1 atom stereocenters. The molecular weight excluding hydrogens is 129 g/mol. The molecule has 0 fully saturated rings. The number of halogens is 1. The molecule has 2 nitrogen and oxygen atoms in total. The average Bonchev–Trinajstić information content (AvgIpc) is 1.64. The highest BCUT2D eigenvalue weighted by Gasteiger charge is 1.97. The van der Waals surface area contributed by atoms with Gasteiger partial charge in [-0.05, 0) is 13.8 Å². The van der Waals surface area contributed by atoms with E-state index in [1.165, 1.54) is 13.8 Å². The van der Waals surface area contributed by atoms with Crippen molar-refractivity contribution in [3.63, 3.8) is 0 Å². The first-order valence-electron chi connectivity index (χ1n) is 2.05. The van der Waals surface area contributed by atoms with E-state index in [-0.39, 0.29) is 4.91 Å². The first-order valence-corrected chi connectivity index (χ1v) is 3.26. The molecule has 0 aromatic carbocycles. The van der Waals surface area contributed by atoms with Gasteiger partial charge in [0, 0.05) is 0 Å². The summed E-state index contributed by atoms with van der Waals surface area (Å²) in [6.07, 6.45) is 0. The normalized spacial score (nSPS) is 17.5. The third-order valence-electron chi connectivity index (χ3n) is 0.787. The van der Waals surface area contributed by atoms with Crippen LogP contribution in [0, 0.1) is 0 Å². The lowest BCUT2D eigenvalue weighted by Gasteiger charge is -1.91. The predicted octanol–water partition coefficient (Wildman–Crippen LogP) is 0.830. The maximum absolute atomic E-state index is 12.0. The summed E-state index contributed by atoms with van der Waals surface area (Å²) < 4.78 is 22.1. The second-order valence-electron chi connectivity index (χ2n) is 1.39. The molecule has 0 radical (unpaired) electrons. The lowest BCUT2D eigenvalue weighted by Crippen LogP contribution is -2.03. The van der Waals surface area contributed by atoms with Crippen LogP contribution in [0.3, 0.4) is 0 Å². The van der Waals surface area contributed by atoms with Gasteiger partial charge in [-0.2, -0.15) is 0 Å². The summed E-state index contributed by atoms with van der Waals surface area (Å²) >= 11 is 0. The Morgan fingerprint density at radius 2 is 2.00 bits per heavy atom. The van der Waals surface area contributed by atoms with Gasteiger partial charge in [0.2, 0.25) is 0 Å². The van der Waals surface area contributed by atoms with Crippen LogP contribution >= 0.6 is 0 Å². The second kappa shape index (κ2) is 2.94. The van der Waals surface area contributed by atoms with Crippen molar-refractivity contribution in [3.05, 3.63) is 10.7 Å². The molecular formula is C4H8FNOS. The molecule has 0 amide bonds. The van der Waals surface area contributed by atoms with Crippen LogP contribution in [0.5, 0.6) is 0 Å². The van der Waals surface area contributed by atoms with Crippen LogP contribution in [-0.4, -0.2) is 4.21 Å². The van der Waals surface area contributed by atoms with Gasteiger partial charge in [0.15, 0.2) is 0 Å². The van der Waals surface area contributed by atoms with Crippen LogP contribution in [0.25, 0.3) is 0 Å². The van der Waals surface area contributed by atoms with E-state index in [4.69, 9.17) is 5.14 Å². The molecule has 0 rings (SSSR count). The van der Waals surface area contributed by atoms with Gasteiger partial charge in [-0.15, -0.1) is 0 Å². The van der Waals surface area contributed by atoms with E-state index in [0.29, 0.717) is 0 Å². The van der Waals surface area contributed by atoms with Crippen molar-refractivity contribution in [3.8, 4) is 0 Å². The van der Waals surface area contributed by atoms with Gasteiger partial charge in [-0.1, -0.05) is 0 Å². The molecule has 48 valence electrons. The largest absolute Gasteiger partial charge is 0.248 e. The molecule has 0 saturated heterocycles. The maximum atomic E-state index is 12.0. The fourth-order valence-corrected chi connectivity index (χ4v) is 0.416. The van der Waals surface area contributed by atoms with Gasteiger partial charge in [-0.25, -0.2) is 13.7 Å². The lowest BCUT2D eigenvalue weighted by molar-refractivity contribution is 0.632. The Morgan fingerprint density at radius 1 is 1.62 bits per heavy atom. The Kier molecular flexibility index (Phi) is 2.86. The Bertz CT molecular complexity index is 139. The molecule has 0 heterocycles. The summed E-state index contributed by atoms with van der Waals surface area (Å²) in [7, 11) is -1.64. The third-order valence-corrected chi connectivity index (χ3v) is 1.67. The fraction of sp³-hybridized carbons (Fsp3) is 0.500. The minimum atomic E-state index is -1.64. The van der Waals surface area contributed by atoms with E-state index < -0.39 is 16.8 Å². The molecule has 4 heteroatoms. The van der Waals surface area contributed by atoms with Crippen molar-refractivity contribution in [2.45, 2.75) is 13.8 Å². The molecule has 0 aromatic rings. The molecule has 8 heavy (non-hydrogen) atoms. The zero-order valence-corrected chi connectivity index (χ0v) is 5.59. The topological polar surface area (TPSA) is 43.1 Å². The molecule has 2 N–H and O–H groups in total. The van der Waals surface area contributed by atoms with Crippen molar-refractivity contribution in [1.29, 1.82) is 0 Å². The standard InChI is InChI=1S/C4H8FNOS/c1-3(5)4(2)8(6)7/h6H2,1-2H3/b4-3-. The summed E-state index contributed by atoms with van der Waals surface area (Å²) in [5, 5.41) is 4.81. The molecule has 0 spiro atoms. The van der Waals surface area contributed by atoms with Crippen molar-refractivity contribution in [2.24, 2.45) is 5.14 Å². The van der Waals surface area contributed by atoms with Crippen LogP contribution in [0.4, 0.5) is 4.39 Å². The summed E-state index contributed by atoms with van der Waals surface area (Å²) in [5.41, 5.74) is 0. The maximum Gasteiger partial charge on any atom is 0.120 e. The fourth-order valence-electron chi connectivity index (χ4n) is 0.139. The molecule has 0 bridgehead atoms. The highest BCUT2D eigenvalue weighted by Crippen LogP contribution is 2.04. The van der Waals surface area contributed by atoms with Crippen molar-refractivity contribution in [1.82, 2.24) is 0 Å². The van der Waals surface area contributed by atoms with Gasteiger partial charge < -0.3 is 0 Å². The monoisotopic (exact) mass is 137 g/mol. The highest BCUT2D eigenvalue weighted by atomic mass is 32.2.